The molecule has 0 atom stereocenters. The second kappa shape index (κ2) is 7.07. The quantitative estimate of drug-likeness (QED) is 0.793. The Bertz CT molecular complexity index is 435. The number of rotatable bonds is 1. The molecule has 1 aromatic rings. The average molecular weight is 225 g/mol. The highest BCUT2D eigenvalue weighted by molar-refractivity contribution is 6.33. The maximum Gasteiger partial charge on any atom is 0.123 e. The Morgan fingerprint density at radius 2 is 2.07 bits per heavy atom. The number of nitrogens with zero attached hydrogens (tertiary/aromatic N) is 1. The molecule has 2 nitrogen and oxygen atoms in total. The summed E-state index contributed by atoms with van der Waals surface area (Å²) in [5, 5.41) is 2.42. The van der Waals surface area contributed by atoms with Gasteiger partial charge in [-0.2, -0.15) is 0 Å². The average Bonchev–Trinajstić information content (AvgIpc) is 2.20. The van der Waals surface area contributed by atoms with Gasteiger partial charge >= 0.3 is 0 Å². The fraction of sp³-hybridized carbons (Fsp3) is 0.250. The van der Waals surface area contributed by atoms with E-state index in [-0.39, 0.29) is 0 Å². The molecule has 3 heteroatoms. The van der Waals surface area contributed by atoms with Crippen LogP contribution in [-0.4, -0.2) is 4.98 Å². The molecule has 0 saturated heterocycles. The summed E-state index contributed by atoms with van der Waals surface area (Å²) in [6.45, 7) is 9.52. The van der Waals surface area contributed by atoms with Crippen molar-refractivity contribution in [2.45, 2.75) is 20.8 Å². The number of halogens is 1. The van der Waals surface area contributed by atoms with Crippen molar-refractivity contribution in [1.29, 1.82) is 0 Å². The number of hydrogen-bond donors (Lipinski definition) is 1. The highest BCUT2D eigenvalue weighted by atomic mass is 35.5. The molecule has 0 amide bonds. The van der Waals surface area contributed by atoms with E-state index in [0.29, 0.717) is 10.9 Å². The molecule has 15 heavy (non-hydrogen) atoms. The first-order chi connectivity index (χ1) is 7.13. The summed E-state index contributed by atoms with van der Waals surface area (Å²) in [6.07, 6.45) is 5.41. The standard InChI is InChI=1S/C10H11ClN2.C2H6/c1-3-8-6-13-10(12)5-9(8)4-7(2)11;1-2/h3-6H,2,12H2,1H3;1-2H3/b8-3-,9-4-;. The highest BCUT2D eigenvalue weighted by Gasteiger charge is 1.88. The normalized spacial score (nSPS) is 12.0. The Hall–Kier alpha value is -1.28. The fourth-order valence-electron chi connectivity index (χ4n) is 1.03. The van der Waals surface area contributed by atoms with Gasteiger partial charge < -0.3 is 5.73 Å². The van der Waals surface area contributed by atoms with Crippen molar-refractivity contribution >= 4 is 29.6 Å². The van der Waals surface area contributed by atoms with Crippen molar-refractivity contribution in [3.63, 3.8) is 0 Å². The largest absolute Gasteiger partial charge is 0.384 e. The summed E-state index contributed by atoms with van der Waals surface area (Å²) in [6, 6.07) is 1.77. The van der Waals surface area contributed by atoms with Gasteiger partial charge in [0.1, 0.15) is 5.82 Å². The molecule has 0 aliphatic heterocycles. The number of nitrogen functional groups attached to an aromatic ring is 1. The molecular formula is C12H17ClN2. The monoisotopic (exact) mass is 224 g/mol. The Morgan fingerprint density at radius 1 is 1.47 bits per heavy atom. The van der Waals surface area contributed by atoms with E-state index in [1.807, 2.05) is 26.8 Å². The molecule has 0 bridgehead atoms. The van der Waals surface area contributed by atoms with Gasteiger partial charge in [-0.3, -0.25) is 0 Å². The van der Waals surface area contributed by atoms with E-state index in [1.54, 1.807) is 18.3 Å². The Morgan fingerprint density at radius 3 is 2.53 bits per heavy atom. The van der Waals surface area contributed by atoms with Crippen LogP contribution in [0.4, 0.5) is 5.82 Å². The third kappa shape index (κ3) is 4.66. The molecule has 0 aromatic carbocycles. The second-order valence-electron chi connectivity index (χ2n) is 2.62. The number of hydrogen-bond acceptors (Lipinski definition) is 2. The number of aromatic nitrogens is 1. The first-order valence-corrected chi connectivity index (χ1v) is 5.25. The van der Waals surface area contributed by atoms with Crippen LogP contribution in [0.3, 0.4) is 0 Å². The molecule has 0 spiro atoms. The molecule has 0 aliphatic carbocycles. The maximum atomic E-state index is 5.67. The molecular weight excluding hydrogens is 208 g/mol. The fourth-order valence-corrected chi connectivity index (χ4v) is 1.15. The number of pyridine rings is 1. The zero-order valence-corrected chi connectivity index (χ0v) is 10.2. The minimum absolute atomic E-state index is 0.480. The van der Waals surface area contributed by atoms with Gasteiger partial charge in [0.15, 0.2) is 0 Å². The lowest BCUT2D eigenvalue weighted by molar-refractivity contribution is 1.28. The molecule has 82 valence electrons. The van der Waals surface area contributed by atoms with Gasteiger partial charge in [-0.15, -0.1) is 0 Å². The van der Waals surface area contributed by atoms with Crippen LogP contribution in [0.1, 0.15) is 20.8 Å². The van der Waals surface area contributed by atoms with Gasteiger partial charge in [0.05, 0.1) is 0 Å². The summed E-state index contributed by atoms with van der Waals surface area (Å²) in [4.78, 5) is 3.97. The van der Waals surface area contributed by atoms with Crippen molar-refractivity contribution in [2.24, 2.45) is 0 Å². The van der Waals surface area contributed by atoms with E-state index in [2.05, 4.69) is 11.6 Å². The third-order valence-electron chi connectivity index (χ3n) is 1.61. The van der Waals surface area contributed by atoms with Crippen LogP contribution in [-0.2, 0) is 0 Å². The second-order valence-corrected chi connectivity index (χ2v) is 3.10. The van der Waals surface area contributed by atoms with Gasteiger partial charge in [0, 0.05) is 11.2 Å². The minimum atomic E-state index is 0.480. The van der Waals surface area contributed by atoms with Gasteiger partial charge in [-0.05, 0) is 29.5 Å². The predicted molar refractivity (Wildman–Crippen MR) is 68.8 cm³/mol. The zero-order chi connectivity index (χ0) is 11.8. The van der Waals surface area contributed by atoms with Crippen LogP contribution in [0.2, 0.25) is 0 Å². The summed E-state index contributed by atoms with van der Waals surface area (Å²) in [7, 11) is 0. The van der Waals surface area contributed by atoms with Crippen LogP contribution >= 0.6 is 11.6 Å². The van der Waals surface area contributed by atoms with E-state index in [9.17, 15) is 0 Å². The van der Waals surface area contributed by atoms with Crippen molar-refractivity contribution < 1.29 is 0 Å². The molecule has 1 rings (SSSR count). The lowest BCUT2D eigenvalue weighted by Crippen LogP contribution is -2.25. The van der Waals surface area contributed by atoms with E-state index < -0.39 is 0 Å². The van der Waals surface area contributed by atoms with Crippen LogP contribution in [0, 0.1) is 0 Å². The molecule has 2 N–H and O–H groups in total. The summed E-state index contributed by atoms with van der Waals surface area (Å²) in [5.74, 6) is 0.481. The van der Waals surface area contributed by atoms with Crippen molar-refractivity contribution in [1.82, 2.24) is 4.98 Å². The van der Waals surface area contributed by atoms with E-state index in [1.165, 1.54) is 0 Å². The van der Waals surface area contributed by atoms with Gasteiger partial charge in [-0.25, -0.2) is 4.98 Å². The number of nitrogens with two attached hydrogens (primary N) is 1. The van der Waals surface area contributed by atoms with Crippen LogP contribution in [0.5, 0.6) is 0 Å². The molecule has 0 radical (unpaired) electrons. The molecule has 1 heterocycles. The Kier molecular flexibility index (Phi) is 6.47. The summed E-state index contributed by atoms with van der Waals surface area (Å²) < 4.78 is 0. The minimum Gasteiger partial charge on any atom is -0.384 e. The lowest BCUT2D eigenvalue weighted by Gasteiger charge is -1.92. The summed E-state index contributed by atoms with van der Waals surface area (Å²) >= 11 is 5.67. The Balaban J connectivity index is 0.000000921. The maximum absolute atomic E-state index is 5.67. The Labute approximate surface area is 95.8 Å². The first kappa shape index (κ1) is 13.7. The third-order valence-corrected chi connectivity index (χ3v) is 1.72. The van der Waals surface area contributed by atoms with E-state index in [4.69, 9.17) is 17.3 Å². The van der Waals surface area contributed by atoms with E-state index in [0.717, 1.165) is 10.4 Å². The van der Waals surface area contributed by atoms with Crippen LogP contribution in [0.25, 0.3) is 12.2 Å². The van der Waals surface area contributed by atoms with Gasteiger partial charge in [0.25, 0.3) is 0 Å². The van der Waals surface area contributed by atoms with E-state index >= 15 is 0 Å². The molecule has 0 fully saturated rings. The smallest absolute Gasteiger partial charge is 0.123 e. The SMILES string of the molecule is C=C(Cl)/C=c1/cc(N)nc/c1=C/C.CC. The van der Waals surface area contributed by atoms with Crippen molar-refractivity contribution in [2.75, 3.05) is 5.73 Å². The predicted octanol–water partition coefficient (Wildman–Crippen LogP) is 2.02. The van der Waals surface area contributed by atoms with Crippen LogP contribution in [0.15, 0.2) is 23.9 Å². The lowest BCUT2D eigenvalue weighted by atomic mass is 10.2. The van der Waals surface area contributed by atoms with Crippen LogP contribution < -0.4 is 16.2 Å². The topological polar surface area (TPSA) is 38.9 Å². The van der Waals surface area contributed by atoms with Gasteiger partial charge in [-0.1, -0.05) is 38.1 Å². The van der Waals surface area contributed by atoms with Gasteiger partial charge in [0.2, 0.25) is 0 Å². The summed E-state index contributed by atoms with van der Waals surface area (Å²) in [5.41, 5.74) is 5.54. The first-order valence-electron chi connectivity index (χ1n) is 4.87. The highest BCUT2D eigenvalue weighted by Crippen LogP contribution is 1.96. The molecule has 0 aliphatic rings. The molecule has 0 saturated carbocycles. The molecule has 1 aromatic heterocycles. The van der Waals surface area contributed by atoms with Crippen molar-refractivity contribution in [3.8, 4) is 0 Å². The number of allylic oxidation sites excluding steroid dienone is 1. The zero-order valence-electron chi connectivity index (χ0n) is 9.42. The molecule has 0 unspecified atom stereocenters. The van der Waals surface area contributed by atoms with Crippen molar-refractivity contribution in [3.05, 3.63) is 34.3 Å². The number of anilines is 1.